The van der Waals surface area contributed by atoms with Crippen LogP contribution in [0.4, 0.5) is 5.82 Å². The highest BCUT2D eigenvalue weighted by Crippen LogP contribution is 2.15. The molecule has 2 aromatic rings. The number of rotatable bonds is 4. The summed E-state index contributed by atoms with van der Waals surface area (Å²) in [5.74, 6) is -0.858. The van der Waals surface area contributed by atoms with Gasteiger partial charge in [-0.2, -0.15) is 0 Å². The van der Waals surface area contributed by atoms with E-state index in [0.717, 1.165) is 0 Å². The van der Waals surface area contributed by atoms with Crippen molar-refractivity contribution >= 4 is 40.9 Å². The Morgan fingerprint density at radius 3 is 2.57 bits per heavy atom. The number of nitrogens with one attached hydrogen (secondary N) is 1. The van der Waals surface area contributed by atoms with Crippen molar-refractivity contribution in [2.75, 3.05) is 11.9 Å². The maximum Gasteiger partial charge on any atom is 0.340 e. The summed E-state index contributed by atoms with van der Waals surface area (Å²) in [6, 6.07) is 9.55. The van der Waals surface area contributed by atoms with Crippen LogP contribution in [0.25, 0.3) is 0 Å². The highest BCUT2D eigenvalue weighted by atomic mass is 35.5. The molecule has 5 nitrogen and oxygen atoms in total. The van der Waals surface area contributed by atoms with E-state index < -0.39 is 18.5 Å². The summed E-state index contributed by atoms with van der Waals surface area (Å²) >= 11 is 11.5. The number of aromatic nitrogens is 1. The number of amides is 1. The zero-order valence-electron chi connectivity index (χ0n) is 10.7. The molecule has 0 radical (unpaired) electrons. The largest absolute Gasteiger partial charge is 0.452 e. The Kier molecular flexibility index (Phi) is 5.14. The Morgan fingerprint density at radius 1 is 1.14 bits per heavy atom. The quantitative estimate of drug-likeness (QED) is 0.877. The summed E-state index contributed by atoms with van der Waals surface area (Å²) in [4.78, 5) is 27.3. The molecule has 0 spiro atoms. The SMILES string of the molecule is O=C(COC(=O)c1ccccc1Cl)Nc1ccc(Cl)cn1. The second-order valence-electron chi connectivity index (χ2n) is 3.97. The van der Waals surface area contributed by atoms with E-state index in [2.05, 4.69) is 10.3 Å². The number of anilines is 1. The monoisotopic (exact) mass is 324 g/mol. The van der Waals surface area contributed by atoms with Crippen molar-refractivity contribution < 1.29 is 14.3 Å². The second kappa shape index (κ2) is 7.06. The maximum absolute atomic E-state index is 11.7. The van der Waals surface area contributed by atoms with E-state index in [1.165, 1.54) is 18.3 Å². The van der Waals surface area contributed by atoms with Crippen LogP contribution >= 0.6 is 23.2 Å². The van der Waals surface area contributed by atoms with Crippen LogP contribution in [0.2, 0.25) is 10.0 Å². The molecule has 0 saturated carbocycles. The first-order valence-electron chi connectivity index (χ1n) is 5.89. The van der Waals surface area contributed by atoms with Gasteiger partial charge >= 0.3 is 5.97 Å². The molecule has 21 heavy (non-hydrogen) atoms. The van der Waals surface area contributed by atoms with Crippen LogP contribution in [0.3, 0.4) is 0 Å². The number of halogens is 2. The van der Waals surface area contributed by atoms with Gasteiger partial charge in [0.2, 0.25) is 0 Å². The molecule has 1 amide bonds. The van der Waals surface area contributed by atoms with Crippen LogP contribution in [-0.2, 0) is 9.53 Å². The molecule has 1 N–H and O–H groups in total. The fourth-order valence-corrected chi connectivity index (χ4v) is 1.79. The lowest BCUT2D eigenvalue weighted by molar-refractivity contribution is -0.119. The van der Waals surface area contributed by atoms with Crippen molar-refractivity contribution in [1.82, 2.24) is 4.98 Å². The number of pyridine rings is 1. The summed E-state index contributed by atoms with van der Waals surface area (Å²) < 4.78 is 4.88. The lowest BCUT2D eigenvalue weighted by Gasteiger charge is -2.07. The number of nitrogens with zero attached hydrogens (tertiary/aromatic N) is 1. The van der Waals surface area contributed by atoms with Crippen molar-refractivity contribution in [2.24, 2.45) is 0 Å². The van der Waals surface area contributed by atoms with Gasteiger partial charge in [0.15, 0.2) is 6.61 Å². The molecule has 0 bridgehead atoms. The minimum atomic E-state index is -0.667. The first kappa shape index (κ1) is 15.3. The molecule has 1 heterocycles. The number of carbonyl (C=O) groups excluding carboxylic acids is 2. The van der Waals surface area contributed by atoms with Gasteiger partial charge in [-0.05, 0) is 24.3 Å². The lowest BCUT2D eigenvalue weighted by atomic mass is 10.2. The highest BCUT2D eigenvalue weighted by molar-refractivity contribution is 6.33. The zero-order chi connectivity index (χ0) is 15.2. The number of hydrogen-bond donors (Lipinski definition) is 1. The molecule has 0 atom stereocenters. The molecular weight excluding hydrogens is 315 g/mol. The molecule has 108 valence electrons. The molecule has 0 aliphatic heterocycles. The molecule has 1 aromatic carbocycles. The van der Waals surface area contributed by atoms with Gasteiger partial charge in [-0.15, -0.1) is 0 Å². The van der Waals surface area contributed by atoms with Crippen LogP contribution < -0.4 is 5.32 Å². The molecule has 0 saturated heterocycles. The minimum Gasteiger partial charge on any atom is -0.452 e. The average Bonchev–Trinajstić information content (AvgIpc) is 2.48. The van der Waals surface area contributed by atoms with Crippen molar-refractivity contribution in [3.8, 4) is 0 Å². The average molecular weight is 325 g/mol. The molecule has 2 rings (SSSR count). The minimum absolute atomic E-state index is 0.205. The van der Waals surface area contributed by atoms with Gasteiger partial charge < -0.3 is 10.1 Å². The topological polar surface area (TPSA) is 68.3 Å². The van der Waals surface area contributed by atoms with Gasteiger partial charge in [0.1, 0.15) is 5.82 Å². The second-order valence-corrected chi connectivity index (χ2v) is 4.81. The van der Waals surface area contributed by atoms with E-state index in [4.69, 9.17) is 27.9 Å². The van der Waals surface area contributed by atoms with Gasteiger partial charge in [0.25, 0.3) is 5.91 Å². The number of ether oxygens (including phenoxy) is 1. The normalized spacial score (nSPS) is 10.0. The van der Waals surface area contributed by atoms with E-state index in [9.17, 15) is 9.59 Å². The third kappa shape index (κ3) is 4.44. The Bertz CT molecular complexity index is 660. The zero-order valence-corrected chi connectivity index (χ0v) is 12.2. The number of benzene rings is 1. The molecule has 1 aromatic heterocycles. The number of carbonyl (C=O) groups is 2. The van der Waals surface area contributed by atoms with Crippen LogP contribution in [-0.4, -0.2) is 23.5 Å². The summed E-state index contributed by atoms with van der Waals surface area (Å²) in [7, 11) is 0. The molecule has 0 fully saturated rings. The highest BCUT2D eigenvalue weighted by Gasteiger charge is 2.13. The van der Waals surface area contributed by atoms with Gasteiger partial charge in [0, 0.05) is 6.20 Å². The van der Waals surface area contributed by atoms with Crippen molar-refractivity contribution in [1.29, 1.82) is 0 Å². The van der Waals surface area contributed by atoms with Gasteiger partial charge in [0.05, 0.1) is 15.6 Å². The van der Waals surface area contributed by atoms with E-state index >= 15 is 0 Å². The Hall–Kier alpha value is -2.11. The standard InChI is InChI=1S/C14H10Cl2N2O3/c15-9-5-6-12(17-7-9)18-13(19)8-21-14(20)10-3-1-2-4-11(10)16/h1-7H,8H2,(H,17,18,19). The van der Waals surface area contributed by atoms with Crippen LogP contribution in [0.5, 0.6) is 0 Å². The summed E-state index contributed by atoms with van der Waals surface area (Å²) in [6.45, 7) is -0.436. The predicted octanol–water partition coefficient (Wildman–Crippen LogP) is 3.18. The molecule has 7 heteroatoms. The van der Waals surface area contributed by atoms with E-state index in [-0.39, 0.29) is 10.6 Å². The smallest absolute Gasteiger partial charge is 0.340 e. The van der Waals surface area contributed by atoms with Crippen molar-refractivity contribution in [3.63, 3.8) is 0 Å². The number of esters is 1. The number of hydrogen-bond acceptors (Lipinski definition) is 4. The summed E-state index contributed by atoms with van der Waals surface area (Å²) in [5.41, 5.74) is 0.205. The Morgan fingerprint density at radius 2 is 1.90 bits per heavy atom. The predicted molar refractivity (Wildman–Crippen MR) is 79.6 cm³/mol. The van der Waals surface area contributed by atoms with Gasteiger partial charge in [-0.25, -0.2) is 9.78 Å². The lowest BCUT2D eigenvalue weighted by Crippen LogP contribution is -2.21. The molecule has 0 unspecified atom stereocenters. The Labute approximate surface area is 130 Å². The fraction of sp³-hybridized carbons (Fsp3) is 0.0714. The Balaban J connectivity index is 1.88. The van der Waals surface area contributed by atoms with E-state index in [1.54, 1.807) is 24.3 Å². The van der Waals surface area contributed by atoms with Gasteiger partial charge in [-0.3, -0.25) is 4.79 Å². The molecular formula is C14H10Cl2N2O3. The third-order valence-electron chi connectivity index (χ3n) is 2.42. The van der Waals surface area contributed by atoms with E-state index in [0.29, 0.717) is 10.8 Å². The molecule has 0 aliphatic carbocycles. The van der Waals surface area contributed by atoms with Crippen LogP contribution in [0.1, 0.15) is 10.4 Å². The van der Waals surface area contributed by atoms with E-state index in [1.807, 2.05) is 0 Å². The first-order valence-corrected chi connectivity index (χ1v) is 6.65. The van der Waals surface area contributed by atoms with Crippen LogP contribution in [0.15, 0.2) is 42.6 Å². The fourth-order valence-electron chi connectivity index (χ4n) is 1.46. The first-order chi connectivity index (χ1) is 10.1. The van der Waals surface area contributed by atoms with Crippen LogP contribution in [0, 0.1) is 0 Å². The van der Waals surface area contributed by atoms with Crippen molar-refractivity contribution in [3.05, 3.63) is 58.2 Å². The van der Waals surface area contributed by atoms with Gasteiger partial charge in [-0.1, -0.05) is 35.3 Å². The molecule has 0 aliphatic rings. The maximum atomic E-state index is 11.7. The third-order valence-corrected chi connectivity index (χ3v) is 2.98. The summed E-state index contributed by atoms with van der Waals surface area (Å²) in [5, 5.41) is 3.19. The summed E-state index contributed by atoms with van der Waals surface area (Å²) in [6.07, 6.45) is 1.40. The van der Waals surface area contributed by atoms with Crippen molar-refractivity contribution in [2.45, 2.75) is 0 Å².